The Balaban J connectivity index is 1.63. The van der Waals surface area contributed by atoms with Gasteiger partial charge in [0.25, 0.3) is 0 Å². The van der Waals surface area contributed by atoms with E-state index in [1.165, 1.54) is 12.1 Å². The van der Waals surface area contributed by atoms with Crippen LogP contribution < -0.4 is 10.1 Å². The Morgan fingerprint density at radius 3 is 2.88 bits per heavy atom. The SMILES string of the molecule is O=CN[C@@H]1C[C@H](F)CN1Cc1ccc(OCc2cccc(F)c2)cc1Cl. The first kappa shape index (κ1) is 18.6. The molecule has 4 nitrogen and oxygen atoms in total. The standard InChI is InChI=1S/C19H19ClF2N2O2/c20-18-8-17(26-11-13-2-1-3-15(21)6-13)5-4-14(18)9-24-10-16(22)7-19(24)23-12-25/h1-6,8,12,16,19H,7,9-11H2,(H,23,25)/t16-,19-/m0/s1. The van der Waals surface area contributed by atoms with Gasteiger partial charge in [0.15, 0.2) is 0 Å². The maximum Gasteiger partial charge on any atom is 0.208 e. The second-order valence-electron chi connectivity index (χ2n) is 6.23. The lowest BCUT2D eigenvalue weighted by molar-refractivity contribution is -0.111. The highest BCUT2D eigenvalue weighted by Crippen LogP contribution is 2.27. The summed E-state index contributed by atoms with van der Waals surface area (Å²) in [7, 11) is 0. The number of carbonyl (C=O) groups excluding carboxylic acids is 1. The lowest BCUT2D eigenvalue weighted by atomic mass is 10.2. The Bertz CT molecular complexity index is 775. The molecule has 26 heavy (non-hydrogen) atoms. The molecule has 1 fully saturated rings. The second-order valence-corrected chi connectivity index (χ2v) is 6.64. The summed E-state index contributed by atoms with van der Waals surface area (Å²) in [5.74, 6) is 0.255. The van der Waals surface area contributed by atoms with Gasteiger partial charge in [-0.15, -0.1) is 0 Å². The van der Waals surface area contributed by atoms with Crippen LogP contribution in [0, 0.1) is 5.82 Å². The van der Waals surface area contributed by atoms with Crippen molar-refractivity contribution in [3.63, 3.8) is 0 Å². The second kappa shape index (κ2) is 8.47. The number of hydrogen-bond donors (Lipinski definition) is 1. The molecule has 1 heterocycles. The summed E-state index contributed by atoms with van der Waals surface area (Å²) < 4.78 is 32.5. The van der Waals surface area contributed by atoms with Gasteiger partial charge in [-0.1, -0.05) is 29.8 Å². The number of ether oxygens (including phenoxy) is 1. The maximum absolute atomic E-state index is 13.6. The lowest BCUT2D eigenvalue weighted by Crippen LogP contribution is -2.40. The monoisotopic (exact) mass is 380 g/mol. The van der Waals surface area contributed by atoms with E-state index in [1.54, 1.807) is 24.3 Å². The highest BCUT2D eigenvalue weighted by atomic mass is 35.5. The summed E-state index contributed by atoms with van der Waals surface area (Å²) in [6.07, 6.45) is -0.450. The highest BCUT2D eigenvalue weighted by Gasteiger charge is 2.31. The number of nitrogens with zero attached hydrogens (tertiary/aromatic N) is 1. The summed E-state index contributed by atoms with van der Waals surface area (Å²) in [5, 5.41) is 3.12. The van der Waals surface area contributed by atoms with Gasteiger partial charge < -0.3 is 10.1 Å². The third kappa shape index (κ3) is 4.71. The van der Waals surface area contributed by atoms with Gasteiger partial charge in [-0.2, -0.15) is 0 Å². The van der Waals surface area contributed by atoms with Crippen molar-refractivity contribution < 1.29 is 18.3 Å². The Morgan fingerprint density at radius 2 is 2.15 bits per heavy atom. The highest BCUT2D eigenvalue weighted by molar-refractivity contribution is 6.31. The zero-order valence-electron chi connectivity index (χ0n) is 14.0. The predicted octanol–water partition coefficient (Wildman–Crippen LogP) is 3.67. The third-order valence-corrected chi connectivity index (χ3v) is 4.66. The molecule has 1 aliphatic rings. The van der Waals surface area contributed by atoms with Crippen LogP contribution in [-0.4, -0.2) is 30.2 Å². The average molecular weight is 381 g/mol. The van der Waals surface area contributed by atoms with Crippen LogP contribution in [0.5, 0.6) is 5.75 Å². The Kier molecular flexibility index (Phi) is 6.06. The van der Waals surface area contributed by atoms with Crippen molar-refractivity contribution >= 4 is 18.0 Å². The molecule has 1 amide bonds. The van der Waals surface area contributed by atoms with Gasteiger partial charge in [-0.25, -0.2) is 8.78 Å². The normalized spacial score (nSPS) is 20.1. The van der Waals surface area contributed by atoms with Crippen molar-refractivity contribution in [3.05, 3.63) is 64.4 Å². The minimum atomic E-state index is -0.972. The number of benzene rings is 2. The fourth-order valence-corrected chi connectivity index (χ4v) is 3.26. The molecule has 0 aromatic heterocycles. The zero-order chi connectivity index (χ0) is 18.5. The number of amides is 1. The number of halogens is 3. The Labute approximate surface area is 155 Å². The van der Waals surface area contributed by atoms with Crippen molar-refractivity contribution in [1.82, 2.24) is 10.2 Å². The van der Waals surface area contributed by atoms with Crippen molar-refractivity contribution in [3.8, 4) is 5.75 Å². The molecule has 138 valence electrons. The fraction of sp³-hybridized carbons (Fsp3) is 0.316. The van der Waals surface area contributed by atoms with E-state index in [0.717, 1.165) is 11.1 Å². The first-order valence-corrected chi connectivity index (χ1v) is 8.66. The number of nitrogens with one attached hydrogen (secondary N) is 1. The molecule has 0 aliphatic carbocycles. The summed E-state index contributed by atoms with van der Waals surface area (Å²) >= 11 is 6.33. The average Bonchev–Trinajstić information content (AvgIpc) is 2.95. The summed E-state index contributed by atoms with van der Waals surface area (Å²) in [4.78, 5) is 12.5. The van der Waals surface area contributed by atoms with Crippen LogP contribution in [0.1, 0.15) is 17.5 Å². The number of alkyl halides is 1. The summed E-state index contributed by atoms with van der Waals surface area (Å²) in [6.45, 7) is 0.906. The molecule has 0 spiro atoms. The van der Waals surface area contributed by atoms with Gasteiger partial charge in [0.1, 0.15) is 24.3 Å². The number of carbonyl (C=O) groups is 1. The van der Waals surface area contributed by atoms with Crippen LogP contribution in [-0.2, 0) is 17.9 Å². The molecule has 2 atom stereocenters. The van der Waals surface area contributed by atoms with Gasteiger partial charge in [0.2, 0.25) is 6.41 Å². The van der Waals surface area contributed by atoms with Gasteiger partial charge in [-0.05, 0) is 35.4 Å². The van der Waals surface area contributed by atoms with Gasteiger partial charge >= 0.3 is 0 Å². The van der Waals surface area contributed by atoms with Crippen molar-refractivity contribution in [2.75, 3.05) is 6.54 Å². The van der Waals surface area contributed by atoms with E-state index >= 15 is 0 Å². The van der Waals surface area contributed by atoms with E-state index in [-0.39, 0.29) is 31.6 Å². The molecule has 0 unspecified atom stereocenters. The largest absolute Gasteiger partial charge is 0.489 e. The molecule has 0 bridgehead atoms. The smallest absolute Gasteiger partial charge is 0.208 e. The molecule has 2 aromatic carbocycles. The third-order valence-electron chi connectivity index (χ3n) is 4.31. The number of rotatable bonds is 7. The molecule has 3 rings (SSSR count). The minimum absolute atomic E-state index is 0.231. The van der Waals surface area contributed by atoms with E-state index < -0.39 is 6.17 Å². The van der Waals surface area contributed by atoms with Gasteiger partial charge in [0.05, 0.1) is 6.17 Å². The predicted molar refractivity (Wildman–Crippen MR) is 95.1 cm³/mol. The van der Waals surface area contributed by atoms with Crippen LogP contribution >= 0.6 is 11.6 Å². The fourth-order valence-electron chi connectivity index (χ4n) is 3.03. The zero-order valence-corrected chi connectivity index (χ0v) is 14.8. The Morgan fingerprint density at radius 1 is 1.31 bits per heavy atom. The summed E-state index contributed by atoms with van der Waals surface area (Å²) in [6, 6.07) is 11.5. The molecule has 1 saturated heterocycles. The topological polar surface area (TPSA) is 41.6 Å². The number of likely N-dealkylation sites (tertiary alicyclic amines) is 1. The molecular formula is C19H19ClF2N2O2. The van der Waals surface area contributed by atoms with Crippen LogP contribution in [0.15, 0.2) is 42.5 Å². The molecule has 0 saturated carbocycles. The van der Waals surface area contributed by atoms with Crippen LogP contribution in [0.3, 0.4) is 0 Å². The molecule has 1 aliphatic heterocycles. The minimum Gasteiger partial charge on any atom is -0.489 e. The first-order valence-electron chi connectivity index (χ1n) is 8.28. The van der Waals surface area contributed by atoms with Crippen molar-refractivity contribution in [1.29, 1.82) is 0 Å². The molecule has 7 heteroatoms. The van der Waals surface area contributed by atoms with Gasteiger partial charge in [0, 0.05) is 24.5 Å². The van der Waals surface area contributed by atoms with Crippen molar-refractivity contribution in [2.24, 2.45) is 0 Å². The lowest BCUT2D eigenvalue weighted by Gasteiger charge is -2.23. The molecule has 1 N–H and O–H groups in total. The molecular weight excluding hydrogens is 362 g/mol. The van der Waals surface area contributed by atoms with Gasteiger partial charge in [-0.3, -0.25) is 9.69 Å². The number of hydrogen-bond acceptors (Lipinski definition) is 3. The van der Waals surface area contributed by atoms with Crippen molar-refractivity contribution in [2.45, 2.75) is 31.9 Å². The molecule has 2 aromatic rings. The Hall–Kier alpha value is -2.18. The molecule has 0 radical (unpaired) electrons. The van der Waals surface area contributed by atoms with Crippen LogP contribution in [0.4, 0.5) is 8.78 Å². The van der Waals surface area contributed by atoms with E-state index in [0.29, 0.717) is 23.7 Å². The van der Waals surface area contributed by atoms with E-state index in [9.17, 15) is 13.6 Å². The van der Waals surface area contributed by atoms with Crippen LogP contribution in [0.2, 0.25) is 5.02 Å². The maximum atomic E-state index is 13.6. The van der Waals surface area contributed by atoms with Crippen LogP contribution in [0.25, 0.3) is 0 Å². The first-order chi connectivity index (χ1) is 12.5. The van der Waals surface area contributed by atoms with E-state index in [1.807, 2.05) is 11.0 Å². The van der Waals surface area contributed by atoms with E-state index in [2.05, 4.69) is 5.32 Å². The summed E-state index contributed by atoms with van der Waals surface area (Å²) in [5.41, 5.74) is 1.54. The van der Waals surface area contributed by atoms with E-state index in [4.69, 9.17) is 16.3 Å². The quantitative estimate of drug-likeness (QED) is 0.745.